The van der Waals surface area contributed by atoms with Gasteiger partial charge in [-0.05, 0) is 56.5 Å². The topological polar surface area (TPSA) is 103 Å². The Morgan fingerprint density at radius 2 is 1.93 bits per heavy atom. The van der Waals surface area contributed by atoms with E-state index in [1.165, 1.54) is 23.5 Å². The van der Waals surface area contributed by atoms with Gasteiger partial charge < -0.3 is 19.4 Å². The molecule has 3 aliphatic heterocycles. The number of aryl methyl sites for hydroxylation is 1. The van der Waals surface area contributed by atoms with E-state index in [1.807, 2.05) is 23.8 Å². The molecule has 0 unspecified atom stereocenters. The molecule has 1 amide bonds. The zero-order valence-corrected chi connectivity index (χ0v) is 24.9. The predicted octanol–water partition coefficient (Wildman–Crippen LogP) is 4.66. The van der Waals surface area contributed by atoms with Gasteiger partial charge in [0, 0.05) is 50.8 Å². The van der Waals surface area contributed by atoms with Gasteiger partial charge in [0.15, 0.2) is 10.8 Å². The van der Waals surface area contributed by atoms with Crippen molar-refractivity contribution in [2.45, 2.75) is 32.2 Å². The van der Waals surface area contributed by atoms with Gasteiger partial charge in [-0.25, -0.2) is 19.0 Å². The molecule has 1 aromatic carbocycles. The van der Waals surface area contributed by atoms with Crippen molar-refractivity contribution in [1.82, 2.24) is 24.6 Å². The standard InChI is InChI=1S/C31H31FN8O2S/c1-18-24(38-14-31(15-38)16-39(17-31)29(41)20-9-10-42-13-20)11-23-27(34-18)36-40(22-7-8-22)28(23)37(2)30-35-26(25(12-33)43-30)19-3-5-21(32)6-4-19/h3-6,11,20,22H,7-10,13-17H2,1-2H3/t20-/m0/s1. The van der Waals surface area contributed by atoms with E-state index >= 15 is 0 Å². The van der Waals surface area contributed by atoms with Crippen LogP contribution in [-0.4, -0.2) is 77.0 Å². The van der Waals surface area contributed by atoms with Crippen molar-refractivity contribution in [1.29, 1.82) is 5.26 Å². The van der Waals surface area contributed by atoms with Crippen molar-refractivity contribution in [2.75, 3.05) is 56.2 Å². The third-order valence-corrected chi connectivity index (χ3v) is 10.2. The lowest BCUT2D eigenvalue weighted by atomic mass is 9.72. The van der Waals surface area contributed by atoms with E-state index in [0.29, 0.717) is 46.2 Å². The number of fused-ring (bicyclic) bond motifs is 1. The van der Waals surface area contributed by atoms with Crippen LogP contribution in [0.1, 0.15) is 35.9 Å². The number of amides is 1. The second-order valence-electron chi connectivity index (χ2n) is 12.4. The van der Waals surface area contributed by atoms with E-state index in [9.17, 15) is 14.4 Å². The molecule has 1 saturated carbocycles. The molecule has 4 fully saturated rings. The largest absolute Gasteiger partial charge is 0.381 e. The molecule has 0 N–H and O–H groups in total. The third kappa shape index (κ3) is 4.36. The Morgan fingerprint density at radius 3 is 2.60 bits per heavy atom. The van der Waals surface area contributed by atoms with Crippen LogP contribution in [0.4, 0.5) is 21.0 Å². The first-order valence-corrected chi connectivity index (χ1v) is 15.6. The number of nitrogens with zero attached hydrogens (tertiary/aromatic N) is 8. The summed E-state index contributed by atoms with van der Waals surface area (Å²) >= 11 is 1.31. The number of rotatable bonds is 6. The molecule has 0 radical (unpaired) electrons. The van der Waals surface area contributed by atoms with Gasteiger partial charge in [-0.2, -0.15) is 10.4 Å². The summed E-state index contributed by atoms with van der Waals surface area (Å²) in [6, 6.07) is 10.8. The van der Waals surface area contributed by atoms with Crippen molar-refractivity contribution >= 4 is 44.9 Å². The quantitative estimate of drug-likeness (QED) is 0.316. The highest BCUT2D eigenvalue weighted by Crippen LogP contribution is 2.47. The first-order valence-electron chi connectivity index (χ1n) is 14.7. The lowest BCUT2D eigenvalue weighted by Crippen LogP contribution is -2.73. The van der Waals surface area contributed by atoms with Crippen molar-refractivity contribution < 1.29 is 13.9 Å². The number of hydrogen-bond acceptors (Lipinski definition) is 9. The molecular weight excluding hydrogens is 567 g/mol. The molecule has 0 bridgehead atoms. The molecule has 3 aromatic heterocycles. The van der Waals surface area contributed by atoms with Gasteiger partial charge in [0.25, 0.3) is 0 Å². The van der Waals surface area contributed by atoms with Crippen LogP contribution in [0.2, 0.25) is 0 Å². The Bertz CT molecular complexity index is 1790. The number of nitriles is 1. The summed E-state index contributed by atoms with van der Waals surface area (Å²) in [6.45, 7) is 6.68. The molecule has 10 nitrogen and oxygen atoms in total. The number of likely N-dealkylation sites (tertiary alicyclic amines) is 1. The number of ether oxygens (including phenoxy) is 1. The average Bonchev–Trinajstić information content (AvgIpc) is 3.33. The van der Waals surface area contributed by atoms with Gasteiger partial charge >= 0.3 is 0 Å². The number of halogens is 1. The fourth-order valence-corrected chi connectivity index (χ4v) is 7.64. The highest BCUT2D eigenvalue weighted by molar-refractivity contribution is 7.16. The zero-order valence-electron chi connectivity index (χ0n) is 24.1. The van der Waals surface area contributed by atoms with Crippen LogP contribution in [0.25, 0.3) is 22.3 Å². The van der Waals surface area contributed by atoms with Crippen LogP contribution in [0.5, 0.6) is 0 Å². The molecule has 220 valence electrons. The fraction of sp³-hybridized carbons (Fsp3) is 0.452. The molecule has 1 atom stereocenters. The molecule has 8 rings (SSSR count). The van der Waals surface area contributed by atoms with Crippen LogP contribution < -0.4 is 9.80 Å². The maximum atomic E-state index is 13.6. The summed E-state index contributed by atoms with van der Waals surface area (Å²) in [6.07, 6.45) is 2.94. The Labute approximate surface area is 252 Å². The Balaban J connectivity index is 1.08. The molecular formula is C31H31FN8O2S. The number of thiazole rings is 1. The minimum Gasteiger partial charge on any atom is -0.381 e. The maximum absolute atomic E-state index is 13.6. The fourth-order valence-electron chi connectivity index (χ4n) is 6.79. The molecule has 12 heteroatoms. The lowest BCUT2D eigenvalue weighted by molar-refractivity contribution is -0.149. The van der Waals surface area contributed by atoms with Crippen LogP contribution in [-0.2, 0) is 9.53 Å². The molecule has 4 aromatic rings. The van der Waals surface area contributed by atoms with Crippen LogP contribution in [0.3, 0.4) is 0 Å². The third-order valence-electron chi connectivity index (χ3n) is 9.20. The molecule has 43 heavy (non-hydrogen) atoms. The van der Waals surface area contributed by atoms with E-state index in [2.05, 4.69) is 21.7 Å². The van der Waals surface area contributed by atoms with Crippen molar-refractivity contribution in [3.05, 3.63) is 46.7 Å². The van der Waals surface area contributed by atoms with Gasteiger partial charge in [-0.3, -0.25) is 4.79 Å². The molecule has 4 aliphatic rings. The summed E-state index contributed by atoms with van der Waals surface area (Å²) in [7, 11) is 1.96. The smallest absolute Gasteiger partial charge is 0.228 e. The van der Waals surface area contributed by atoms with E-state index in [0.717, 1.165) is 68.0 Å². The number of hydrogen-bond donors (Lipinski definition) is 0. The minimum absolute atomic E-state index is 0.0228. The number of carbonyl (C=O) groups excluding carboxylic acids is 1. The van der Waals surface area contributed by atoms with Crippen LogP contribution >= 0.6 is 11.3 Å². The molecule has 1 spiro atoms. The highest BCUT2D eigenvalue weighted by atomic mass is 32.1. The molecule has 6 heterocycles. The first-order chi connectivity index (χ1) is 20.8. The number of pyridine rings is 1. The number of aromatic nitrogens is 4. The summed E-state index contributed by atoms with van der Waals surface area (Å²) in [4.78, 5) is 29.4. The van der Waals surface area contributed by atoms with Gasteiger partial charge in [-0.1, -0.05) is 11.3 Å². The van der Waals surface area contributed by atoms with Gasteiger partial charge in [0.05, 0.1) is 35.3 Å². The van der Waals surface area contributed by atoms with Crippen molar-refractivity contribution in [3.63, 3.8) is 0 Å². The normalized spacial score (nSPS) is 20.7. The summed E-state index contributed by atoms with van der Waals surface area (Å²) in [5.41, 5.74) is 4.12. The van der Waals surface area contributed by atoms with Gasteiger partial charge in [0.1, 0.15) is 28.3 Å². The van der Waals surface area contributed by atoms with Crippen molar-refractivity contribution in [3.8, 4) is 17.3 Å². The second kappa shape index (κ2) is 9.72. The first kappa shape index (κ1) is 26.5. The zero-order chi connectivity index (χ0) is 29.5. The Hall–Kier alpha value is -4.08. The Kier molecular flexibility index (Phi) is 6.00. The maximum Gasteiger partial charge on any atom is 0.228 e. The highest BCUT2D eigenvalue weighted by Gasteiger charge is 2.54. The van der Waals surface area contributed by atoms with Crippen molar-refractivity contribution in [2.24, 2.45) is 11.3 Å². The lowest BCUT2D eigenvalue weighted by Gasteiger charge is -2.61. The second-order valence-corrected chi connectivity index (χ2v) is 13.4. The Morgan fingerprint density at radius 1 is 1.16 bits per heavy atom. The predicted molar refractivity (Wildman–Crippen MR) is 161 cm³/mol. The SMILES string of the molecule is Cc1nc2nn(C3CC3)c(N(C)c3nc(-c4ccc(F)cc4)c(C#N)s3)c2cc1N1CC2(CN(C(=O)[C@H]3CCOC3)C2)C1. The summed E-state index contributed by atoms with van der Waals surface area (Å²) < 4.78 is 21.1. The van der Waals surface area contributed by atoms with Gasteiger partial charge in [0.2, 0.25) is 5.91 Å². The van der Waals surface area contributed by atoms with E-state index in [4.69, 9.17) is 19.8 Å². The van der Waals surface area contributed by atoms with Gasteiger partial charge in [-0.15, -0.1) is 0 Å². The van der Waals surface area contributed by atoms with E-state index in [-0.39, 0.29) is 23.1 Å². The summed E-state index contributed by atoms with van der Waals surface area (Å²) in [5, 5.41) is 16.4. The minimum atomic E-state index is -0.330. The number of anilines is 3. The summed E-state index contributed by atoms with van der Waals surface area (Å²) in [5.74, 6) is 0.841. The monoisotopic (exact) mass is 598 g/mol. The number of benzene rings is 1. The number of carbonyl (C=O) groups is 1. The van der Waals surface area contributed by atoms with Crippen LogP contribution in [0.15, 0.2) is 30.3 Å². The van der Waals surface area contributed by atoms with Crippen LogP contribution in [0, 0.1) is 35.4 Å². The van der Waals surface area contributed by atoms with E-state index in [1.54, 1.807) is 12.1 Å². The molecule has 3 saturated heterocycles. The van der Waals surface area contributed by atoms with E-state index < -0.39 is 0 Å². The average molecular weight is 599 g/mol. The molecule has 1 aliphatic carbocycles.